The molecule has 4 nitrogen and oxygen atoms in total. The van der Waals surface area contributed by atoms with Crippen molar-refractivity contribution in [2.24, 2.45) is 5.73 Å². The zero-order valence-corrected chi connectivity index (χ0v) is 6.62. The first-order valence-electron chi connectivity index (χ1n) is 3.68. The minimum absolute atomic E-state index is 0.489. The number of nitrogens with two attached hydrogens (primary N) is 1. The smallest absolute Gasteiger partial charge is 0.142 e. The largest absolute Gasteiger partial charge is 0.330 e. The van der Waals surface area contributed by atoms with Crippen molar-refractivity contribution in [1.29, 1.82) is 5.26 Å². The van der Waals surface area contributed by atoms with E-state index < -0.39 is 0 Å². The lowest BCUT2D eigenvalue weighted by Crippen LogP contribution is -1.94. The minimum Gasteiger partial charge on any atom is -0.330 e. The second-order valence-corrected chi connectivity index (χ2v) is 2.29. The van der Waals surface area contributed by atoms with E-state index in [1.807, 2.05) is 18.2 Å². The van der Waals surface area contributed by atoms with Gasteiger partial charge in [-0.05, 0) is 13.0 Å². The molecule has 1 heterocycles. The van der Waals surface area contributed by atoms with Crippen LogP contribution < -0.4 is 5.73 Å². The van der Waals surface area contributed by atoms with Crippen molar-refractivity contribution in [3.05, 3.63) is 23.5 Å². The van der Waals surface area contributed by atoms with Crippen molar-refractivity contribution in [2.75, 3.05) is 6.54 Å². The molecule has 0 radical (unpaired) electrons. The molecule has 0 bridgehead atoms. The van der Waals surface area contributed by atoms with E-state index in [1.54, 1.807) is 6.20 Å². The molecule has 0 aliphatic rings. The number of nitrogens with zero attached hydrogens (tertiary/aromatic N) is 2. The van der Waals surface area contributed by atoms with Crippen LogP contribution in [0.2, 0.25) is 0 Å². The first kappa shape index (κ1) is 8.50. The number of aromatic amines is 1. The topological polar surface area (TPSA) is 78.5 Å². The zero-order valence-electron chi connectivity index (χ0n) is 6.62. The predicted octanol–water partition coefficient (Wildman–Crippen LogP) is 0.643. The van der Waals surface area contributed by atoms with Crippen LogP contribution in [-0.2, 0) is 0 Å². The van der Waals surface area contributed by atoms with E-state index in [9.17, 15) is 0 Å². The molecule has 12 heavy (non-hydrogen) atoms. The first-order chi connectivity index (χ1) is 5.88. The molecule has 0 atom stereocenters. The molecule has 0 aliphatic carbocycles. The van der Waals surface area contributed by atoms with Crippen molar-refractivity contribution in [3.63, 3.8) is 0 Å². The Kier molecular flexibility index (Phi) is 3.05. The van der Waals surface area contributed by atoms with Crippen LogP contribution in [0.1, 0.15) is 17.7 Å². The van der Waals surface area contributed by atoms with Crippen LogP contribution in [0.3, 0.4) is 0 Å². The van der Waals surface area contributed by atoms with Gasteiger partial charge in [0.25, 0.3) is 0 Å². The number of nitrogens with one attached hydrogen (secondary N) is 1. The molecular formula is C8H10N4. The van der Waals surface area contributed by atoms with E-state index in [4.69, 9.17) is 11.0 Å². The lowest BCUT2D eigenvalue weighted by atomic mass is 10.2. The predicted molar refractivity (Wildman–Crippen MR) is 46.0 cm³/mol. The van der Waals surface area contributed by atoms with Crippen LogP contribution in [0.5, 0.6) is 0 Å². The molecule has 1 rings (SSSR count). The maximum absolute atomic E-state index is 8.58. The van der Waals surface area contributed by atoms with Gasteiger partial charge in [-0.2, -0.15) is 10.4 Å². The van der Waals surface area contributed by atoms with Gasteiger partial charge in [0.2, 0.25) is 0 Å². The number of hydrogen-bond acceptors (Lipinski definition) is 3. The lowest BCUT2D eigenvalue weighted by Gasteiger charge is -1.85. The van der Waals surface area contributed by atoms with Gasteiger partial charge in [-0.15, -0.1) is 0 Å². The van der Waals surface area contributed by atoms with Gasteiger partial charge >= 0.3 is 0 Å². The Morgan fingerprint density at radius 2 is 2.58 bits per heavy atom. The average molecular weight is 162 g/mol. The van der Waals surface area contributed by atoms with Gasteiger partial charge in [-0.1, -0.05) is 12.2 Å². The Morgan fingerprint density at radius 3 is 3.25 bits per heavy atom. The summed E-state index contributed by atoms with van der Waals surface area (Å²) in [6, 6.07) is 2.00. The highest BCUT2D eigenvalue weighted by Gasteiger charge is 1.97. The fourth-order valence-electron chi connectivity index (χ4n) is 0.818. The molecule has 4 heteroatoms. The monoisotopic (exact) mass is 162 g/mol. The molecule has 1 aromatic rings. The third kappa shape index (κ3) is 1.94. The van der Waals surface area contributed by atoms with Crippen LogP contribution in [0.25, 0.3) is 6.08 Å². The van der Waals surface area contributed by atoms with Crippen LogP contribution >= 0.6 is 0 Å². The summed E-state index contributed by atoms with van der Waals surface area (Å²) >= 11 is 0. The van der Waals surface area contributed by atoms with Gasteiger partial charge in [0, 0.05) is 5.56 Å². The Morgan fingerprint density at radius 1 is 1.75 bits per heavy atom. The standard InChI is InChI=1S/C8H10N4/c9-4-2-1-3-7-6-11-12-8(7)5-10/h1,3,6H,2,4,9H2,(H,11,12). The Labute approximate surface area is 70.7 Å². The first-order valence-corrected chi connectivity index (χ1v) is 3.68. The lowest BCUT2D eigenvalue weighted by molar-refractivity contribution is 1.01. The van der Waals surface area contributed by atoms with Crippen LogP contribution in [-0.4, -0.2) is 16.7 Å². The molecular weight excluding hydrogens is 152 g/mol. The van der Waals surface area contributed by atoms with E-state index in [0.717, 1.165) is 12.0 Å². The summed E-state index contributed by atoms with van der Waals surface area (Å²) < 4.78 is 0. The molecule has 0 amide bonds. The van der Waals surface area contributed by atoms with Gasteiger partial charge in [-0.25, -0.2) is 0 Å². The second-order valence-electron chi connectivity index (χ2n) is 2.29. The van der Waals surface area contributed by atoms with E-state index >= 15 is 0 Å². The zero-order chi connectivity index (χ0) is 8.81. The van der Waals surface area contributed by atoms with Crippen molar-refractivity contribution in [3.8, 4) is 6.07 Å². The fourth-order valence-corrected chi connectivity index (χ4v) is 0.818. The molecule has 62 valence electrons. The highest BCUT2D eigenvalue weighted by atomic mass is 15.1. The number of hydrogen-bond donors (Lipinski definition) is 2. The summed E-state index contributed by atoms with van der Waals surface area (Å²) in [5.74, 6) is 0. The van der Waals surface area contributed by atoms with Crippen LogP contribution in [0.4, 0.5) is 0 Å². The molecule has 0 saturated carbocycles. The molecule has 1 aromatic heterocycles. The van der Waals surface area contributed by atoms with Gasteiger partial charge in [0.15, 0.2) is 0 Å². The molecule has 0 aromatic carbocycles. The Hall–Kier alpha value is -1.60. The minimum atomic E-state index is 0.489. The van der Waals surface area contributed by atoms with Crippen molar-refractivity contribution in [2.45, 2.75) is 6.42 Å². The van der Waals surface area contributed by atoms with Crippen molar-refractivity contribution in [1.82, 2.24) is 10.2 Å². The summed E-state index contributed by atoms with van der Waals surface area (Å²) in [4.78, 5) is 0. The number of H-pyrrole nitrogens is 1. The fraction of sp³-hybridized carbons (Fsp3) is 0.250. The molecule has 0 unspecified atom stereocenters. The maximum Gasteiger partial charge on any atom is 0.142 e. The Balaban J connectivity index is 2.69. The average Bonchev–Trinajstić information content (AvgIpc) is 2.52. The summed E-state index contributed by atoms with van der Waals surface area (Å²) in [5, 5.41) is 14.9. The highest BCUT2D eigenvalue weighted by Crippen LogP contribution is 2.05. The summed E-state index contributed by atoms with van der Waals surface area (Å²) in [6.07, 6.45) is 6.20. The molecule has 0 spiro atoms. The van der Waals surface area contributed by atoms with Crippen LogP contribution in [0, 0.1) is 11.3 Å². The third-order valence-corrected chi connectivity index (χ3v) is 1.41. The van der Waals surface area contributed by atoms with E-state index in [1.165, 1.54) is 0 Å². The number of aromatic nitrogens is 2. The van der Waals surface area contributed by atoms with Crippen molar-refractivity contribution >= 4 is 6.08 Å². The normalized spacial score (nSPS) is 10.3. The SMILES string of the molecule is N#Cc1[nH]ncc1C=CCCN. The van der Waals surface area contributed by atoms with Gasteiger partial charge in [0.1, 0.15) is 11.8 Å². The van der Waals surface area contributed by atoms with Crippen molar-refractivity contribution < 1.29 is 0 Å². The highest BCUT2D eigenvalue weighted by molar-refractivity contribution is 5.54. The maximum atomic E-state index is 8.58. The molecule has 0 aliphatic heterocycles. The van der Waals surface area contributed by atoms with Gasteiger partial charge < -0.3 is 5.73 Å². The Bertz CT molecular complexity index is 305. The van der Waals surface area contributed by atoms with E-state index in [0.29, 0.717) is 12.2 Å². The summed E-state index contributed by atoms with van der Waals surface area (Å²) in [5.41, 5.74) is 6.60. The third-order valence-electron chi connectivity index (χ3n) is 1.41. The van der Waals surface area contributed by atoms with Gasteiger partial charge in [0.05, 0.1) is 6.20 Å². The van der Waals surface area contributed by atoms with Gasteiger partial charge in [-0.3, -0.25) is 5.10 Å². The number of rotatable bonds is 3. The van der Waals surface area contributed by atoms with Crippen LogP contribution in [0.15, 0.2) is 12.3 Å². The summed E-state index contributed by atoms with van der Waals surface area (Å²) in [7, 11) is 0. The molecule has 0 fully saturated rings. The summed E-state index contributed by atoms with van der Waals surface area (Å²) in [6.45, 7) is 0.621. The second kappa shape index (κ2) is 4.31. The quantitative estimate of drug-likeness (QED) is 0.684. The van der Waals surface area contributed by atoms with E-state index in [-0.39, 0.29) is 0 Å². The molecule has 0 saturated heterocycles. The molecule has 3 N–H and O–H groups in total. The van der Waals surface area contributed by atoms with E-state index in [2.05, 4.69) is 10.2 Å². The number of nitriles is 1.